The maximum Gasteiger partial charge on any atom is 0.251 e. The molecular formula is C23H23Cl2F2N5O. The third kappa shape index (κ3) is 5.28. The molecule has 2 aromatic carbocycles. The minimum atomic E-state index is -0.949. The van der Waals surface area contributed by atoms with Crippen molar-refractivity contribution >= 4 is 51.8 Å². The molecule has 1 aromatic heterocycles. The molecule has 0 unspecified atom stereocenters. The number of amides is 1. The number of hydrogen-bond acceptors (Lipinski definition) is 5. The predicted octanol–water partition coefficient (Wildman–Crippen LogP) is 5.43. The summed E-state index contributed by atoms with van der Waals surface area (Å²) in [7, 11) is 3.57. The van der Waals surface area contributed by atoms with Crippen LogP contribution in [0.1, 0.15) is 36.0 Å². The standard InChI is InChI=1S/C23H23Cl2F2N5O/c1-32(2)21-15-10-18(26)19(27)11-20(15)30-23(31-21)29-14-6-4-13(5-7-14)28-22(33)12-3-8-16(24)17(25)9-12/h3,8-11,13-14H,4-7H2,1-2H3,(H,28,33)(H,29,30,31). The molecule has 3 aromatic rings. The summed E-state index contributed by atoms with van der Waals surface area (Å²) >= 11 is 11.9. The second-order valence-electron chi connectivity index (χ2n) is 8.34. The molecule has 10 heteroatoms. The van der Waals surface area contributed by atoms with Crippen molar-refractivity contribution in [1.82, 2.24) is 15.3 Å². The molecule has 1 aliphatic rings. The van der Waals surface area contributed by atoms with Crippen LogP contribution in [0.2, 0.25) is 10.0 Å². The number of carbonyl (C=O) groups excluding carboxylic acids is 1. The average Bonchev–Trinajstić information content (AvgIpc) is 2.77. The molecule has 0 spiro atoms. The molecule has 0 bridgehead atoms. The van der Waals surface area contributed by atoms with Gasteiger partial charge in [0.15, 0.2) is 11.6 Å². The first kappa shape index (κ1) is 23.4. The molecule has 33 heavy (non-hydrogen) atoms. The number of aromatic nitrogens is 2. The third-order valence-electron chi connectivity index (χ3n) is 5.72. The number of carbonyl (C=O) groups is 1. The van der Waals surface area contributed by atoms with Crippen LogP contribution in [0.4, 0.5) is 20.5 Å². The van der Waals surface area contributed by atoms with E-state index in [0.717, 1.165) is 37.8 Å². The first-order valence-electron chi connectivity index (χ1n) is 10.6. The molecule has 174 valence electrons. The largest absolute Gasteiger partial charge is 0.362 e. The fourth-order valence-corrected chi connectivity index (χ4v) is 4.28. The van der Waals surface area contributed by atoms with E-state index in [1.165, 1.54) is 0 Å². The first-order chi connectivity index (χ1) is 15.7. The second-order valence-corrected chi connectivity index (χ2v) is 9.16. The van der Waals surface area contributed by atoms with E-state index in [-0.39, 0.29) is 18.0 Å². The zero-order valence-corrected chi connectivity index (χ0v) is 19.6. The number of nitrogens with one attached hydrogen (secondary N) is 2. The Morgan fingerprint density at radius 2 is 1.64 bits per heavy atom. The maximum atomic E-state index is 13.8. The van der Waals surface area contributed by atoms with Crippen molar-refractivity contribution in [3.8, 4) is 0 Å². The molecule has 0 radical (unpaired) electrons. The maximum absolute atomic E-state index is 13.8. The van der Waals surface area contributed by atoms with Gasteiger partial charge in [-0.25, -0.2) is 13.8 Å². The van der Waals surface area contributed by atoms with Crippen molar-refractivity contribution in [2.75, 3.05) is 24.3 Å². The lowest BCUT2D eigenvalue weighted by atomic mass is 9.91. The van der Waals surface area contributed by atoms with Crippen LogP contribution in [0.5, 0.6) is 0 Å². The molecule has 2 N–H and O–H groups in total. The second kappa shape index (κ2) is 9.65. The van der Waals surface area contributed by atoms with Gasteiger partial charge in [0.25, 0.3) is 5.91 Å². The Morgan fingerprint density at radius 3 is 2.30 bits per heavy atom. The molecule has 1 amide bonds. The van der Waals surface area contributed by atoms with Crippen LogP contribution in [-0.4, -0.2) is 42.1 Å². The number of benzene rings is 2. The van der Waals surface area contributed by atoms with Gasteiger partial charge < -0.3 is 15.5 Å². The Bertz CT molecular complexity index is 1200. The lowest BCUT2D eigenvalue weighted by Gasteiger charge is -2.30. The fraction of sp³-hybridized carbons (Fsp3) is 0.348. The smallest absolute Gasteiger partial charge is 0.251 e. The summed E-state index contributed by atoms with van der Waals surface area (Å²) in [6, 6.07) is 7.14. The highest BCUT2D eigenvalue weighted by molar-refractivity contribution is 6.42. The fourth-order valence-electron chi connectivity index (χ4n) is 3.98. The normalized spacial score (nSPS) is 18.2. The minimum absolute atomic E-state index is 0.0388. The van der Waals surface area contributed by atoms with Crippen molar-refractivity contribution in [3.63, 3.8) is 0 Å². The van der Waals surface area contributed by atoms with Gasteiger partial charge in [-0.15, -0.1) is 0 Å². The molecule has 6 nitrogen and oxygen atoms in total. The van der Waals surface area contributed by atoms with E-state index in [0.29, 0.717) is 38.3 Å². The highest BCUT2D eigenvalue weighted by Crippen LogP contribution is 2.28. The van der Waals surface area contributed by atoms with E-state index < -0.39 is 11.6 Å². The SMILES string of the molecule is CN(C)c1nc(NC2CCC(NC(=O)c3ccc(Cl)c(Cl)c3)CC2)nc2cc(F)c(F)cc12. The third-order valence-corrected chi connectivity index (χ3v) is 6.46. The van der Waals surface area contributed by atoms with Crippen molar-refractivity contribution in [2.45, 2.75) is 37.8 Å². The molecule has 0 atom stereocenters. The van der Waals surface area contributed by atoms with Crippen LogP contribution in [0.15, 0.2) is 30.3 Å². The topological polar surface area (TPSA) is 70.2 Å². The summed E-state index contributed by atoms with van der Waals surface area (Å²) in [6.07, 6.45) is 3.14. The average molecular weight is 494 g/mol. The van der Waals surface area contributed by atoms with Crippen molar-refractivity contribution in [1.29, 1.82) is 0 Å². The number of nitrogens with zero attached hydrogens (tertiary/aromatic N) is 3. The van der Waals surface area contributed by atoms with E-state index in [9.17, 15) is 13.6 Å². The highest BCUT2D eigenvalue weighted by Gasteiger charge is 2.24. The molecule has 1 aliphatic carbocycles. The van der Waals surface area contributed by atoms with Crippen molar-refractivity contribution in [2.24, 2.45) is 0 Å². The Hall–Kier alpha value is -2.71. The Kier molecular flexibility index (Phi) is 6.86. The molecular weight excluding hydrogens is 471 g/mol. The van der Waals surface area contributed by atoms with Gasteiger partial charge in [-0.1, -0.05) is 23.2 Å². The lowest BCUT2D eigenvalue weighted by Crippen LogP contribution is -2.40. The number of hydrogen-bond donors (Lipinski definition) is 2. The van der Waals surface area contributed by atoms with E-state index in [1.807, 2.05) is 0 Å². The van der Waals surface area contributed by atoms with E-state index >= 15 is 0 Å². The van der Waals surface area contributed by atoms with E-state index in [1.54, 1.807) is 37.2 Å². The highest BCUT2D eigenvalue weighted by atomic mass is 35.5. The van der Waals surface area contributed by atoms with Crippen LogP contribution in [0.3, 0.4) is 0 Å². The lowest BCUT2D eigenvalue weighted by molar-refractivity contribution is 0.0926. The van der Waals surface area contributed by atoms with Gasteiger partial charge in [0.05, 0.1) is 15.6 Å². The molecule has 4 rings (SSSR count). The Labute approximate surface area is 200 Å². The summed E-state index contributed by atoms with van der Waals surface area (Å²) in [4.78, 5) is 23.2. The van der Waals surface area contributed by atoms with Gasteiger partial charge >= 0.3 is 0 Å². The number of fused-ring (bicyclic) bond motifs is 1. The Morgan fingerprint density at radius 1 is 0.970 bits per heavy atom. The molecule has 1 fully saturated rings. The number of halogens is 4. The summed E-state index contributed by atoms with van der Waals surface area (Å²) in [5.41, 5.74) is 0.798. The Balaban J connectivity index is 1.41. The van der Waals surface area contributed by atoms with Crippen LogP contribution in [0.25, 0.3) is 10.9 Å². The monoisotopic (exact) mass is 493 g/mol. The van der Waals surface area contributed by atoms with Gasteiger partial charge in [-0.05, 0) is 49.9 Å². The summed E-state index contributed by atoms with van der Waals surface area (Å²) in [5.74, 6) is -1.21. The van der Waals surface area contributed by atoms with Crippen LogP contribution >= 0.6 is 23.2 Å². The predicted molar refractivity (Wildman–Crippen MR) is 127 cm³/mol. The van der Waals surface area contributed by atoms with E-state index in [2.05, 4.69) is 20.6 Å². The van der Waals surface area contributed by atoms with Crippen LogP contribution in [-0.2, 0) is 0 Å². The first-order valence-corrected chi connectivity index (χ1v) is 11.3. The summed E-state index contributed by atoms with van der Waals surface area (Å²) < 4.78 is 27.5. The minimum Gasteiger partial charge on any atom is -0.362 e. The summed E-state index contributed by atoms with van der Waals surface area (Å²) in [6.45, 7) is 0. The van der Waals surface area contributed by atoms with Gasteiger partial charge in [-0.3, -0.25) is 4.79 Å². The van der Waals surface area contributed by atoms with Gasteiger partial charge in [0.1, 0.15) is 5.82 Å². The molecule has 1 heterocycles. The molecule has 1 saturated carbocycles. The van der Waals surface area contributed by atoms with Gasteiger partial charge in [0.2, 0.25) is 5.95 Å². The molecule has 0 aliphatic heterocycles. The van der Waals surface area contributed by atoms with Crippen molar-refractivity contribution in [3.05, 3.63) is 57.6 Å². The molecule has 0 saturated heterocycles. The van der Waals surface area contributed by atoms with Gasteiger partial charge in [-0.2, -0.15) is 4.98 Å². The quantitative estimate of drug-likeness (QED) is 0.495. The van der Waals surface area contributed by atoms with Crippen LogP contribution in [0, 0.1) is 11.6 Å². The van der Waals surface area contributed by atoms with Gasteiger partial charge in [0, 0.05) is 43.2 Å². The van der Waals surface area contributed by atoms with E-state index in [4.69, 9.17) is 23.2 Å². The summed E-state index contributed by atoms with van der Waals surface area (Å²) in [5, 5.41) is 7.54. The van der Waals surface area contributed by atoms with Crippen LogP contribution < -0.4 is 15.5 Å². The zero-order valence-electron chi connectivity index (χ0n) is 18.1. The number of anilines is 2. The van der Waals surface area contributed by atoms with Crippen molar-refractivity contribution < 1.29 is 13.6 Å². The zero-order chi connectivity index (χ0) is 23.7. The number of rotatable bonds is 5.